The number of benzene rings is 1. The zero-order valence-electron chi connectivity index (χ0n) is 12.0. The maximum Gasteiger partial charge on any atom is 0.243 e. The first-order valence-electron chi connectivity index (χ1n) is 6.85. The highest BCUT2D eigenvalue weighted by atomic mass is 32.2. The molecule has 1 saturated heterocycles. The number of hydrogen-bond donors (Lipinski definition) is 1. The molecule has 0 radical (unpaired) electrons. The molecule has 6 heteroatoms. The molecule has 112 valence electrons. The largest absolute Gasteiger partial charge is 0.497 e. The number of rotatable bonds is 4. The van der Waals surface area contributed by atoms with Gasteiger partial charge in [0.2, 0.25) is 10.0 Å². The lowest BCUT2D eigenvalue weighted by molar-refractivity contribution is 0.243. The van der Waals surface area contributed by atoms with E-state index in [9.17, 15) is 8.42 Å². The Morgan fingerprint density at radius 1 is 1.35 bits per heavy atom. The quantitative estimate of drug-likeness (QED) is 0.913. The molecule has 0 spiro atoms. The Kier molecular flexibility index (Phi) is 4.67. The molecule has 5 nitrogen and oxygen atoms in total. The maximum absolute atomic E-state index is 12.6. The van der Waals surface area contributed by atoms with Crippen LogP contribution in [0.1, 0.15) is 19.8 Å². The third kappa shape index (κ3) is 3.13. The van der Waals surface area contributed by atoms with Gasteiger partial charge in [0.15, 0.2) is 0 Å². The van der Waals surface area contributed by atoms with E-state index in [0.29, 0.717) is 23.7 Å². The smallest absolute Gasteiger partial charge is 0.243 e. The minimum Gasteiger partial charge on any atom is -0.497 e. The van der Waals surface area contributed by atoms with E-state index in [2.05, 4.69) is 0 Å². The van der Waals surface area contributed by atoms with E-state index >= 15 is 0 Å². The standard InChI is InChI=1S/C14H22N2O3S/c1-11(15)12-4-3-9-16(10-12)20(17,18)14-7-5-13(19-2)6-8-14/h5-8,11-12H,3-4,9-10,15H2,1-2H3/t11-,12-/m0/s1. The summed E-state index contributed by atoms with van der Waals surface area (Å²) in [6.07, 6.45) is 1.86. The fraction of sp³-hybridized carbons (Fsp3) is 0.571. The molecule has 0 saturated carbocycles. The van der Waals surface area contributed by atoms with Gasteiger partial charge in [0.25, 0.3) is 0 Å². The molecule has 0 amide bonds. The minimum atomic E-state index is -3.43. The summed E-state index contributed by atoms with van der Waals surface area (Å²) in [5.41, 5.74) is 5.91. The van der Waals surface area contributed by atoms with Crippen LogP contribution < -0.4 is 10.5 Å². The second kappa shape index (κ2) is 6.11. The van der Waals surface area contributed by atoms with Gasteiger partial charge in [0.1, 0.15) is 5.75 Å². The Bertz CT molecular complexity index is 540. The van der Waals surface area contributed by atoms with E-state index in [-0.39, 0.29) is 12.0 Å². The molecule has 1 aliphatic heterocycles. The molecule has 0 bridgehead atoms. The van der Waals surface area contributed by atoms with Crippen molar-refractivity contribution >= 4 is 10.0 Å². The second-order valence-corrected chi connectivity index (χ2v) is 7.24. The van der Waals surface area contributed by atoms with Crippen molar-refractivity contribution in [3.8, 4) is 5.75 Å². The van der Waals surface area contributed by atoms with Gasteiger partial charge in [-0.25, -0.2) is 8.42 Å². The number of ether oxygens (including phenoxy) is 1. The number of hydrogen-bond acceptors (Lipinski definition) is 4. The number of methoxy groups -OCH3 is 1. The summed E-state index contributed by atoms with van der Waals surface area (Å²) in [6, 6.07) is 6.52. The van der Waals surface area contributed by atoms with Gasteiger partial charge in [-0.15, -0.1) is 0 Å². The Labute approximate surface area is 120 Å². The van der Waals surface area contributed by atoms with Gasteiger partial charge in [-0.05, 0) is 49.9 Å². The van der Waals surface area contributed by atoms with Crippen LogP contribution in [0.4, 0.5) is 0 Å². The predicted molar refractivity (Wildman–Crippen MR) is 78.1 cm³/mol. The summed E-state index contributed by atoms with van der Waals surface area (Å²) in [6.45, 7) is 3.01. The highest BCUT2D eigenvalue weighted by Gasteiger charge is 2.31. The van der Waals surface area contributed by atoms with Crippen molar-refractivity contribution in [1.29, 1.82) is 0 Å². The van der Waals surface area contributed by atoms with Crippen LogP contribution in [0.5, 0.6) is 5.75 Å². The van der Waals surface area contributed by atoms with Crippen molar-refractivity contribution in [2.75, 3.05) is 20.2 Å². The molecule has 2 N–H and O–H groups in total. The number of nitrogens with two attached hydrogens (primary N) is 1. The first-order valence-corrected chi connectivity index (χ1v) is 8.29. The fourth-order valence-electron chi connectivity index (χ4n) is 2.52. The van der Waals surface area contributed by atoms with Crippen molar-refractivity contribution in [2.24, 2.45) is 11.7 Å². The number of sulfonamides is 1. The Morgan fingerprint density at radius 2 is 2.00 bits per heavy atom. The van der Waals surface area contributed by atoms with Crippen molar-refractivity contribution in [2.45, 2.75) is 30.7 Å². The summed E-state index contributed by atoms with van der Waals surface area (Å²) >= 11 is 0. The van der Waals surface area contributed by atoms with Crippen LogP contribution in [0.15, 0.2) is 29.2 Å². The molecule has 0 aromatic heterocycles. The van der Waals surface area contributed by atoms with E-state index < -0.39 is 10.0 Å². The summed E-state index contributed by atoms with van der Waals surface area (Å²) in [5.74, 6) is 0.882. The van der Waals surface area contributed by atoms with Crippen LogP contribution in [0.25, 0.3) is 0 Å². The molecule has 0 aliphatic carbocycles. The van der Waals surface area contributed by atoms with Gasteiger partial charge in [-0.3, -0.25) is 0 Å². The van der Waals surface area contributed by atoms with Gasteiger partial charge in [-0.2, -0.15) is 4.31 Å². The SMILES string of the molecule is COc1ccc(S(=O)(=O)N2CCC[C@H]([C@H](C)N)C2)cc1. The third-order valence-corrected chi connectivity index (χ3v) is 5.74. The first-order chi connectivity index (χ1) is 9.45. The van der Waals surface area contributed by atoms with Crippen LogP contribution in [-0.4, -0.2) is 39.0 Å². The van der Waals surface area contributed by atoms with E-state index in [1.54, 1.807) is 35.7 Å². The molecule has 1 aromatic carbocycles. The zero-order valence-corrected chi connectivity index (χ0v) is 12.8. The summed E-state index contributed by atoms with van der Waals surface area (Å²) in [7, 11) is -1.87. The summed E-state index contributed by atoms with van der Waals surface area (Å²) in [4.78, 5) is 0.309. The van der Waals surface area contributed by atoms with E-state index in [0.717, 1.165) is 12.8 Å². The van der Waals surface area contributed by atoms with Gasteiger partial charge in [-0.1, -0.05) is 0 Å². The van der Waals surface area contributed by atoms with E-state index in [4.69, 9.17) is 10.5 Å². The highest BCUT2D eigenvalue weighted by Crippen LogP contribution is 2.26. The lowest BCUT2D eigenvalue weighted by atomic mass is 9.93. The molecule has 2 atom stereocenters. The third-order valence-electron chi connectivity index (χ3n) is 3.86. The maximum atomic E-state index is 12.6. The average Bonchev–Trinajstić information content (AvgIpc) is 2.47. The monoisotopic (exact) mass is 298 g/mol. The van der Waals surface area contributed by atoms with Crippen LogP contribution in [0.2, 0.25) is 0 Å². The van der Waals surface area contributed by atoms with Crippen LogP contribution in [-0.2, 0) is 10.0 Å². The molecule has 2 rings (SSSR count). The molecular formula is C14H22N2O3S. The molecule has 20 heavy (non-hydrogen) atoms. The van der Waals surface area contributed by atoms with Gasteiger partial charge >= 0.3 is 0 Å². The van der Waals surface area contributed by atoms with Crippen molar-refractivity contribution in [1.82, 2.24) is 4.31 Å². The molecule has 1 heterocycles. The van der Waals surface area contributed by atoms with Crippen molar-refractivity contribution in [3.63, 3.8) is 0 Å². The van der Waals surface area contributed by atoms with Gasteiger partial charge in [0.05, 0.1) is 12.0 Å². The molecule has 1 fully saturated rings. The minimum absolute atomic E-state index is 0.0175. The van der Waals surface area contributed by atoms with Crippen molar-refractivity contribution < 1.29 is 13.2 Å². The zero-order chi connectivity index (χ0) is 14.8. The average molecular weight is 298 g/mol. The first kappa shape index (κ1) is 15.3. The summed E-state index contributed by atoms with van der Waals surface area (Å²) < 4.78 is 31.8. The van der Waals surface area contributed by atoms with Crippen LogP contribution in [0, 0.1) is 5.92 Å². The number of nitrogens with zero attached hydrogens (tertiary/aromatic N) is 1. The van der Waals surface area contributed by atoms with E-state index in [1.807, 2.05) is 6.92 Å². The molecule has 1 aliphatic rings. The molecular weight excluding hydrogens is 276 g/mol. The lowest BCUT2D eigenvalue weighted by Gasteiger charge is -2.33. The Morgan fingerprint density at radius 3 is 2.55 bits per heavy atom. The summed E-state index contributed by atoms with van der Waals surface area (Å²) in [5, 5.41) is 0. The Hall–Kier alpha value is -1.11. The Balaban J connectivity index is 2.20. The van der Waals surface area contributed by atoms with Crippen LogP contribution in [0.3, 0.4) is 0 Å². The fourth-order valence-corrected chi connectivity index (χ4v) is 4.05. The van der Waals surface area contributed by atoms with Crippen molar-refractivity contribution in [3.05, 3.63) is 24.3 Å². The number of piperidine rings is 1. The van der Waals surface area contributed by atoms with Crippen LogP contribution >= 0.6 is 0 Å². The topological polar surface area (TPSA) is 72.6 Å². The predicted octanol–water partition coefficient (Wildman–Crippen LogP) is 1.44. The van der Waals surface area contributed by atoms with Gasteiger partial charge in [0, 0.05) is 19.1 Å². The van der Waals surface area contributed by atoms with Gasteiger partial charge < -0.3 is 10.5 Å². The highest BCUT2D eigenvalue weighted by molar-refractivity contribution is 7.89. The lowest BCUT2D eigenvalue weighted by Crippen LogP contribution is -2.44. The van der Waals surface area contributed by atoms with E-state index in [1.165, 1.54) is 0 Å². The normalized spacial score (nSPS) is 22.4. The second-order valence-electron chi connectivity index (χ2n) is 5.30. The molecule has 0 unspecified atom stereocenters. The molecule has 1 aromatic rings.